The predicted octanol–water partition coefficient (Wildman–Crippen LogP) is 4.53. The molecule has 186 valence electrons. The van der Waals surface area contributed by atoms with Gasteiger partial charge in [-0.05, 0) is 25.3 Å². The normalized spacial score (nSPS) is 20.7. The average molecular weight is 507 g/mol. The molecule has 2 unspecified atom stereocenters. The van der Waals surface area contributed by atoms with E-state index in [4.69, 9.17) is 9.52 Å². The zero-order valence-electron chi connectivity index (χ0n) is 19.1. The molecule has 4 rings (SSSR count). The molecule has 0 saturated carbocycles. The molecule has 35 heavy (non-hydrogen) atoms. The fraction of sp³-hybridized carbons (Fsp3) is 0.292. The number of nitrogens with one attached hydrogen (secondary N) is 3. The number of carbonyl (C=O) groups is 1. The maximum Gasteiger partial charge on any atom is 0.272 e. The number of hydrogen-bond acceptors (Lipinski definition) is 4. The lowest BCUT2D eigenvalue weighted by atomic mass is 10.0. The fourth-order valence-electron chi connectivity index (χ4n) is 4.14. The number of halogens is 3. The minimum absolute atomic E-state index is 0.102. The van der Waals surface area contributed by atoms with Crippen molar-refractivity contribution in [1.29, 1.82) is 4.78 Å². The largest absolute Gasteiger partial charge is 0.372 e. The minimum atomic E-state index is -3.48. The zero-order valence-corrected chi connectivity index (χ0v) is 19.9. The van der Waals surface area contributed by atoms with E-state index in [1.165, 1.54) is 10.8 Å². The van der Waals surface area contributed by atoms with Crippen molar-refractivity contribution in [2.45, 2.75) is 43.4 Å². The summed E-state index contributed by atoms with van der Waals surface area (Å²) in [5, 5.41) is 2.36. The molecule has 0 fully saturated rings. The topological polar surface area (TPSA) is 96.2 Å². The van der Waals surface area contributed by atoms with E-state index in [1.54, 1.807) is 7.05 Å². The molecule has 0 saturated heterocycles. The molecule has 0 bridgehead atoms. The summed E-state index contributed by atoms with van der Waals surface area (Å²) in [5.74, 6) is -5.22. The van der Waals surface area contributed by atoms with Gasteiger partial charge in [-0.2, -0.15) is 0 Å². The molecule has 7 nitrogen and oxygen atoms in total. The van der Waals surface area contributed by atoms with Crippen LogP contribution in [0.3, 0.4) is 0 Å². The number of hydrogen-bond donors (Lipinski definition) is 3. The number of ether oxygens (including phenoxy) is 1. The lowest BCUT2D eigenvalue weighted by Gasteiger charge is -2.24. The second kappa shape index (κ2) is 9.84. The van der Waals surface area contributed by atoms with Crippen molar-refractivity contribution in [2.75, 3.05) is 5.32 Å². The monoisotopic (exact) mass is 506 g/mol. The van der Waals surface area contributed by atoms with Gasteiger partial charge in [0.25, 0.3) is 5.91 Å². The maximum absolute atomic E-state index is 13.6. The molecule has 3 atom stereocenters. The van der Waals surface area contributed by atoms with Crippen LogP contribution in [0.15, 0.2) is 53.6 Å². The highest BCUT2D eigenvalue weighted by atomic mass is 32.2. The first-order chi connectivity index (χ1) is 16.6. The highest BCUT2D eigenvalue weighted by Gasteiger charge is 2.33. The zero-order chi connectivity index (χ0) is 25.3. The lowest BCUT2D eigenvalue weighted by molar-refractivity contribution is 0.0308. The molecule has 2 aromatic carbocycles. The van der Waals surface area contributed by atoms with Crippen LogP contribution in [0.5, 0.6) is 0 Å². The van der Waals surface area contributed by atoms with Gasteiger partial charge in [0.15, 0.2) is 17.5 Å². The van der Waals surface area contributed by atoms with E-state index >= 15 is 0 Å². The Morgan fingerprint density at radius 2 is 1.91 bits per heavy atom. The summed E-state index contributed by atoms with van der Waals surface area (Å²) >= 11 is 0. The van der Waals surface area contributed by atoms with Crippen molar-refractivity contribution >= 4 is 21.5 Å². The highest BCUT2D eigenvalue weighted by Crippen LogP contribution is 2.30. The molecule has 0 spiro atoms. The summed E-state index contributed by atoms with van der Waals surface area (Å²) in [6.07, 6.45) is 1.82. The Morgan fingerprint density at radius 1 is 1.26 bits per heavy atom. The van der Waals surface area contributed by atoms with Gasteiger partial charge in [-0.3, -0.25) is 4.79 Å². The van der Waals surface area contributed by atoms with Gasteiger partial charge in [0.2, 0.25) is 0 Å². The van der Waals surface area contributed by atoms with E-state index in [2.05, 4.69) is 10.0 Å². The smallest absolute Gasteiger partial charge is 0.272 e. The number of aryl methyl sites for hydroxylation is 1. The van der Waals surface area contributed by atoms with Crippen molar-refractivity contribution in [1.82, 2.24) is 9.29 Å². The Hall–Kier alpha value is -3.15. The molecular formula is C24H25F3N4O3S. The Labute approximate surface area is 201 Å². The van der Waals surface area contributed by atoms with Crippen LogP contribution in [-0.2, 0) is 34.7 Å². The number of carbonyl (C=O) groups excluding carboxylic acids is 1. The molecular weight excluding hydrogens is 481 g/mol. The minimum Gasteiger partial charge on any atom is -0.372 e. The van der Waals surface area contributed by atoms with Crippen molar-refractivity contribution in [2.24, 2.45) is 7.05 Å². The van der Waals surface area contributed by atoms with Gasteiger partial charge in [-0.25, -0.2) is 26.9 Å². The Kier molecular flexibility index (Phi) is 7.02. The fourth-order valence-corrected chi connectivity index (χ4v) is 5.85. The van der Waals surface area contributed by atoms with Crippen molar-refractivity contribution in [3.05, 3.63) is 82.9 Å². The summed E-state index contributed by atoms with van der Waals surface area (Å²) in [5.41, 5.74) is 1.22. The molecule has 1 aliphatic rings. The summed E-state index contributed by atoms with van der Waals surface area (Å²) in [4.78, 5) is 13.2. The van der Waals surface area contributed by atoms with Gasteiger partial charge in [-0.1, -0.05) is 30.3 Å². The molecule has 3 aromatic rings. The van der Waals surface area contributed by atoms with Crippen LogP contribution in [0.2, 0.25) is 0 Å². The number of nitrogens with zero attached hydrogens (tertiary/aromatic N) is 1. The van der Waals surface area contributed by atoms with E-state index in [9.17, 15) is 22.2 Å². The van der Waals surface area contributed by atoms with E-state index in [0.29, 0.717) is 37.1 Å². The number of rotatable bonds is 6. The summed E-state index contributed by atoms with van der Waals surface area (Å²) in [6.45, 7) is 2.18. The molecule has 3 N–H and O–H groups in total. The molecule has 1 amide bonds. The third kappa shape index (κ3) is 5.26. The molecule has 0 aliphatic carbocycles. The van der Waals surface area contributed by atoms with Crippen LogP contribution < -0.4 is 10.0 Å². The standard InChI is InChI=1S/C24H25F3N4O3S/c1-14(34-13-15-6-4-3-5-7-15)20-9-8-17-21(35(28,33)30-20)12-31(2)23(17)24(32)29-16-10-18(25)22(27)19(26)11-16/h3-7,10-12,14,20H,8-9,13H2,1-2H3,(H,29,32)(H2,28,30,33)/t14?,20-,35?/m1/s1. The van der Waals surface area contributed by atoms with Gasteiger partial charge in [0.1, 0.15) is 15.6 Å². The Balaban J connectivity index is 1.55. The number of benzene rings is 2. The van der Waals surface area contributed by atoms with E-state index in [1.807, 2.05) is 37.3 Å². The van der Waals surface area contributed by atoms with Gasteiger partial charge in [0.05, 0.1) is 17.6 Å². The SMILES string of the molecule is CC(OCc1ccccc1)[C@H]1CCc2c(cn(C)c2C(=O)Nc2cc(F)c(F)c(F)c2)S(=N)(=O)N1. The van der Waals surface area contributed by atoms with Crippen LogP contribution in [-0.4, -0.2) is 26.8 Å². The van der Waals surface area contributed by atoms with Crippen LogP contribution in [0, 0.1) is 22.2 Å². The first kappa shape index (κ1) is 25.0. The lowest BCUT2D eigenvalue weighted by Crippen LogP contribution is -2.41. The predicted molar refractivity (Wildman–Crippen MR) is 125 cm³/mol. The quantitative estimate of drug-likeness (QED) is 0.429. The van der Waals surface area contributed by atoms with E-state index in [-0.39, 0.29) is 22.4 Å². The van der Waals surface area contributed by atoms with Crippen LogP contribution >= 0.6 is 0 Å². The second-order valence-corrected chi connectivity index (χ2v) is 10.2. The van der Waals surface area contributed by atoms with Gasteiger partial charge < -0.3 is 14.6 Å². The summed E-state index contributed by atoms with van der Waals surface area (Å²) in [7, 11) is -1.93. The van der Waals surface area contributed by atoms with E-state index in [0.717, 1.165) is 5.56 Å². The third-order valence-electron chi connectivity index (χ3n) is 5.96. The third-order valence-corrected chi connectivity index (χ3v) is 7.56. The second-order valence-electron chi connectivity index (χ2n) is 8.46. The Morgan fingerprint density at radius 3 is 2.57 bits per heavy atom. The number of anilines is 1. The first-order valence-electron chi connectivity index (χ1n) is 10.9. The van der Waals surface area contributed by atoms with Gasteiger partial charge >= 0.3 is 0 Å². The van der Waals surface area contributed by atoms with Crippen molar-refractivity contribution < 1.29 is 26.9 Å². The van der Waals surface area contributed by atoms with Gasteiger partial charge in [0, 0.05) is 42.7 Å². The average Bonchev–Trinajstić information content (AvgIpc) is 3.09. The van der Waals surface area contributed by atoms with Crippen molar-refractivity contribution in [3.63, 3.8) is 0 Å². The first-order valence-corrected chi connectivity index (χ1v) is 12.5. The molecule has 2 heterocycles. The summed E-state index contributed by atoms with van der Waals surface area (Å²) in [6, 6.07) is 10.5. The van der Waals surface area contributed by atoms with Crippen LogP contribution in [0.25, 0.3) is 0 Å². The molecule has 1 aromatic heterocycles. The summed E-state index contributed by atoms with van der Waals surface area (Å²) < 4.78 is 72.5. The molecule has 11 heteroatoms. The maximum atomic E-state index is 13.6. The van der Waals surface area contributed by atoms with Gasteiger partial charge in [-0.15, -0.1) is 0 Å². The van der Waals surface area contributed by atoms with Crippen LogP contribution in [0.1, 0.15) is 35.0 Å². The number of amides is 1. The number of fused-ring (bicyclic) bond motifs is 1. The van der Waals surface area contributed by atoms with Crippen LogP contribution in [0.4, 0.5) is 18.9 Å². The molecule has 1 aliphatic heterocycles. The van der Waals surface area contributed by atoms with Crippen molar-refractivity contribution in [3.8, 4) is 0 Å². The Bertz CT molecular complexity index is 1340. The highest BCUT2D eigenvalue weighted by molar-refractivity contribution is 7.90. The number of aromatic nitrogens is 1. The molecule has 0 radical (unpaired) electrons. The van der Waals surface area contributed by atoms with E-state index < -0.39 is 39.3 Å².